The van der Waals surface area contributed by atoms with Gasteiger partial charge in [0.15, 0.2) is 0 Å². The van der Waals surface area contributed by atoms with Crippen molar-refractivity contribution >= 4 is 10.2 Å². The van der Waals surface area contributed by atoms with Crippen LogP contribution in [0.15, 0.2) is 42.7 Å². The van der Waals surface area contributed by atoms with Gasteiger partial charge in [-0.05, 0) is 19.4 Å². The lowest BCUT2D eigenvalue weighted by Crippen LogP contribution is -2.52. The van der Waals surface area contributed by atoms with E-state index in [1.807, 2.05) is 55.8 Å². The van der Waals surface area contributed by atoms with Gasteiger partial charge in [-0.2, -0.15) is 17.4 Å². The predicted octanol–water partition coefficient (Wildman–Crippen LogP) is 1.45. The minimum absolute atomic E-state index is 0.135. The lowest BCUT2D eigenvalue weighted by Gasteiger charge is -2.35. The number of benzene rings is 1. The van der Waals surface area contributed by atoms with E-state index in [2.05, 4.69) is 9.71 Å². The highest BCUT2D eigenvalue weighted by atomic mass is 32.2. The van der Waals surface area contributed by atoms with Gasteiger partial charge in [0, 0.05) is 32.5 Å². The van der Waals surface area contributed by atoms with Gasteiger partial charge in [0.2, 0.25) is 0 Å². The van der Waals surface area contributed by atoms with E-state index < -0.39 is 16.3 Å². The fraction of sp³-hybridized carbons (Fsp3) is 0.471. The molecule has 2 aromatic rings. The van der Waals surface area contributed by atoms with Crippen molar-refractivity contribution in [3.05, 3.63) is 54.1 Å². The molecule has 1 aromatic heterocycles. The number of imidazole rings is 1. The summed E-state index contributed by atoms with van der Waals surface area (Å²) in [4.78, 5) is 4.34. The SMILES string of the molecule is CC1CN(S(=O)(=O)NC(c2ccccc2)c2nccn2C)CC(C)O1. The molecule has 0 radical (unpaired) electrons. The molecule has 1 aromatic carbocycles. The van der Waals surface area contributed by atoms with Gasteiger partial charge in [-0.15, -0.1) is 0 Å². The van der Waals surface area contributed by atoms with Gasteiger partial charge in [0.25, 0.3) is 10.2 Å². The van der Waals surface area contributed by atoms with Crippen molar-refractivity contribution in [3.63, 3.8) is 0 Å². The number of hydrogen-bond acceptors (Lipinski definition) is 4. The van der Waals surface area contributed by atoms with Crippen molar-refractivity contribution in [1.82, 2.24) is 18.6 Å². The first-order chi connectivity index (χ1) is 11.9. The first-order valence-electron chi connectivity index (χ1n) is 8.32. The third kappa shape index (κ3) is 4.09. The van der Waals surface area contributed by atoms with Crippen LogP contribution in [0.5, 0.6) is 0 Å². The quantitative estimate of drug-likeness (QED) is 0.871. The Morgan fingerprint density at radius 2 is 1.84 bits per heavy atom. The summed E-state index contributed by atoms with van der Waals surface area (Å²) in [5.74, 6) is 0.643. The van der Waals surface area contributed by atoms with E-state index in [0.29, 0.717) is 18.9 Å². The van der Waals surface area contributed by atoms with Crippen molar-refractivity contribution in [2.24, 2.45) is 7.05 Å². The van der Waals surface area contributed by atoms with Gasteiger partial charge >= 0.3 is 0 Å². The Morgan fingerprint density at radius 1 is 1.20 bits per heavy atom. The molecule has 25 heavy (non-hydrogen) atoms. The van der Waals surface area contributed by atoms with Gasteiger partial charge in [-0.25, -0.2) is 4.98 Å². The van der Waals surface area contributed by atoms with Gasteiger partial charge < -0.3 is 9.30 Å². The van der Waals surface area contributed by atoms with E-state index in [1.165, 1.54) is 4.31 Å². The van der Waals surface area contributed by atoms with E-state index in [9.17, 15) is 8.42 Å². The number of nitrogens with one attached hydrogen (secondary N) is 1. The predicted molar refractivity (Wildman–Crippen MR) is 95.1 cm³/mol. The fourth-order valence-corrected chi connectivity index (χ4v) is 4.62. The molecule has 1 aliphatic heterocycles. The van der Waals surface area contributed by atoms with Crippen molar-refractivity contribution in [2.75, 3.05) is 13.1 Å². The molecule has 0 amide bonds. The Morgan fingerprint density at radius 3 is 2.40 bits per heavy atom. The molecule has 1 fully saturated rings. The molecule has 0 spiro atoms. The normalized spacial score (nSPS) is 23.5. The van der Waals surface area contributed by atoms with E-state index in [1.54, 1.807) is 12.4 Å². The maximum absolute atomic E-state index is 13.0. The first-order valence-corrected chi connectivity index (χ1v) is 9.76. The zero-order chi connectivity index (χ0) is 18.0. The largest absolute Gasteiger partial charge is 0.373 e. The van der Waals surface area contributed by atoms with Crippen LogP contribution in [0.1, 0.15) is 31.3 Å². The molecule has 0 aliphatic carbocycles. The smallest absolute Gasteiger partial charge is 0.280 e. The number of rotatable bonds is 5. The van der Waals surface area contributed by atoms with E-state index in [-0.39, 0.29) is 12.2 Å². The van der Waals surface area contributed by atoms with Gasteiger partial charge in [0.1, 0.15) is 11.9 Å². The Labute approximate surface area is 148 Å². The van der Waals surface area contributed by atoms with Crippen molar-refractivity contribution in [1.29, 1.82) is 0 Å². The molecular formula is C17H24N4O3S. The number of hydrogen-bond donors (Lipinski definition) is 1. The van der Waals surface area contributed by atoms with Gasteiger partial charge in [0.05, 0.1) is 12.2 Å². The summed E-state index contributed by atoms with van der Waals surface area (Å²) < 4.78 is 37.7. The molecular weight excluding hydrogens is 340 g/mol. The fourth-order valence-electron chi connectivity index (χ4n) is 3.12. The standard InChI is InChI=1S/C17H24N4O3S/c1-13-11-21(12-14(2)24-13)25(22,23)19-16(15-7-5-4-6-8-15)17-18-9-10-20(17)3/h4-10,13-14,16,19H,11-12H2,1-3H3. The summed E-state index contributed by atoms with van der Waals surface area (Å²) in [5.41, 5.74) is 0.842. The second kappa shape index (κ2) is 7.25. The molecule has 3 rings (SSSR count). The second-order valence-corrected chi connectivity index (χ2v) is 8.14. The van der Waals surface area contributed by atoms with E-state index in [0.717, 1.165) is 5.56 Å². The zero-order valence-electron chi connectivity index (χ0n) is 14.7. The molecule has 2 heterocycles. The average Bonchev–Trinajstić information content (AvgIpc) is 2.98. The number of aromatic nitrogens is 2. The summed E-state index contributed by atoms with van der Waals surface area (Å²) in [6.45, 7) is 4.43. The Hall–Kier alpha value is -1.74. The van der Waals surface area contributed by atoms with Crippen LogP contribution in [0, 0.1) is 0 Å². The van der Waals surface area contributed by atoms with E-state index >= 15 is 0 Å². The minimum atomic E-state index is -3.69. The van der Waals surface area contributed by atoms with Crippen molar-refractivity contribution in [2.45, 2.75) is 32.1 Å². The highest BCUT2D eigenvalue weighted by Gasteiger charge is 2.34. The first kappa shape index (κ1) is 18.1. The van der Waals surface area contributed by atoms with Crippen LogP contribution in [0.25, 0.3) is 0 Å². The lowest BCUT2D eigenvalue weighted by atomic mass is 10.1. The van der Waals surface area contributed by atoms with Crippen LogP contribution < -0.4 is 4.72 Å². The Bertz CT molecular complexity index is 796. The third-order valence-corrected chi connectivity index (χ3v) is 5.75. The molecule has 1 saturated heterocycles. The van der Waals surface area contributed by atoms with Crippen LogP contribution >= 0.6 is 0 Å². The molecule has 3 unspecified atom stereocenters. The molecule has 8 heteroatoms. The third-order valence-electron chi connectivity index (χ3n) is 4.24. The number of morpholine rings is 1. The Kier molecular flexibility index (Phi) is 5.24. The summed E-state index contributed by atoms with van der Waals surface area (Å²) in [6.07, 6.45) is 3.20. The summed E-state index contributed by atoms with van der Waals surface area (Å²) >= 11 is 0. The molecule has 0 saturated carbocycles. The molecule has 1 aliphatic rings. The second-order valence-electron chi connectivity index (χ2n) is 6.44. The molecule has 7 nitrogen and oxygen atoms in total. The minimum Gasteiger partial charge on any atom is -0.373 e. The van der Waals surface area contributed by atoms with Crippen molar-refractivity contribution in [3.8, 4) is 0 Å². The lowest BCUT2D eigenvalue weighted by molar-refractivity contribution is -0.0444. The van der Waals surface area contributed by atoms with E-state index in [4.69, 9.17) is 4.74 Å². The Balaban J connectivity index is 1.91. The zero-order valence-corrected chi connectivity index (χ0v) is 15.5. The molecule has 3 atom stereocenters. The molecule has 136 valence electrons. The topological polar surface area (TPSA) is 76.5 Å². The van der Waals surface area contributed by atoms with Crippen LogP contribution in [0.2, 0.25) is 0 Å². The number of ether oxygens (including phenoxy) is 1. The summed E-state index contributed by atoms with van der Waals surface area (Å²) in [7, 11) is -1.84. The monoisotopic (exact) mass is 364 g/mol. The van der Waals surface area contributed by atoms with Gasteiger partial charge in [-0.3, -0.25) is 0 Å². The number of nitrogens with zero attached hydrogens (tertiary/aromatic N) is 3. The molecule has 1 N–H and O–H groups in total. The van der Waals surface area contributed by atoms with Crippen LogP contribution in [0.3, 0.4) is 0 Å². The van der Waals surface area contributed by atoms with Crippen LogP contribution in [-0.2, 0) is 22.0 Å². The number of aryl methyl sites for hydroxylation is 1. The summed E-state index contributed by atoms with van der Waals surface area (Å²) in [6, 6.07) is 8.91. The highest BCUT2D eigenvalue weighted by molar-refractivity contribution is 7.87. The average molecular weight is 364 g/mol. The molecule has 0 bridgehead atoms. The maximum Gasteiger partial charge on any atom is 0.280 e. The van der Waals surface area contributed by atoms with Crippen molar-refractivity contribution < 1.29 is 13.2 Å². The summed E-state index contributed by atoms with van der Waals surface area (Å²) in [5, 5.41) is 0. The van der Waals surface area contributed by atoms with Gasteiger partial charge in [-0.1, -0.05) is 30.3 Å². The van der Waals surface area contributed by atoms with Crippen LogP contribution in [0.4, 0.5) is 0 Å². The maximum atomic E-state index is 13.0. The van der Waals surface area contributed by atoms with Crippen LogP contribution in [-0.4, -0.2) is 47.6 Å². The highest BCUT2D eigenvalue weighted by Crippen LogP contribution is 2.23.